The summed E-state index contributed by atoms with van der Waals surface area (Å²) in [6.07, 6.45) is 4.41. The van der Waals surface area contributed by atoms with E-state index in [9.17, 15) is 5.11 Å². The number of rotatable bonds is 1. The van der Waals surface area contributed by atoms with E-state index in [1.54, 1.807) is 6.26 Å². The van der Waals surface area contributed by atoms with Crippen molar-refractivity contribution in [1.29, 1.82) is 0 Å². The Kier molecular flexibility index (Phi) is 1.11. The number of hydrogen-bond acceptors (Lipinski definition) is 2. The lowest BCUT2D eigenvalue weighted by atomic mass is 9.78. The number of furan rings is 1. The molecule has 54 valence electrons. The van der Waals surface area contributed by atoms with Gasteiger partial charge in [0.15, 0.2) is 0 Å². The highest BCUT2D eigenvalue weighted by Gasteiger charge is 2.38. The molecule has 1 N–H and O–H groups in total. The van der Waals surface area contributed by atoms with Crippen LogP contribution in [-0.4, -0.2) is 5.11 Å². The maximum atomic E-state index is 9.68. The predicted molar refractivity (Wildman–Crippen MR) is 36.5 cm³/mol. The van der Waals surface area contributed by atoms with Crippen molar-refractivity contribution in [2.75, 3.05) is 0 Å². The van der Waals surface area contributed by atoms with Crippen LogP contribution in [0.15, 0.2) is 22.8 Å². The zero-order valence-corrected chi connectivity index (χ0v) is 5.71. The van der Waals surface area contributed by atoms with Gasteiger partial charge in [0.05, 0.1) is 6.26 Å². The van der Waals surface area contributed by atoms with Gasteiger partial charge in [-0.1, -0.05) is 0 Å². The molecule has 0 aromatic carbocycles. The summed E-state index contributed by atoms with van der Waals surface area (Å²) in [5.74, 6) is 0.721. The van der Waals surface area contributed by atoms with Gasteiger partial charge in [-0.2, -0.15) is 0 Å². The topological polar surface area (TPSA) is 33.4 Å². The molecule has 1 aliphatic carbocycles. The lowest BCUT2D eigenvalue weighted by Gasteiger charge is -2.34. The van der Waals surface area contributed by atoms with Crippen LogP contribution in [0.1, 0.15) is 25.0 Å². The molecule has 2 nitrogen and oxygen atoms in total. The second kappa shape index (κ2) is 1.86. The van der Waals surface area contributed by atoms with Crippen LogP contribution in [0.4, 0.5) is 0 Å². The lowest BCUT2D eigenvalue weighted by molar-refractivity contribution is -0.0565. The summed E-state index contributed by atoms with van der Waals surface area (Å²) < 4.78 is 5.09. The van der Waals surface area contributed by atoms with Gasteiger partial charge in [-0.05, 0) is 31.4 Å². The summed E-state index contributed by atoms with van der Waals surface area (Å²) in [6.45, 7) is 0. The van der Waals surface area contributed by atoms with Gasteiger partial charge in [0, 0.05) is 0 Å². The molecule has 1 aromatic heterocycles. The van der Waals surface area contributed by atoms with E-state index in [-0.39, 0.29) is 0 Å². The number of aliphatic hydroxyl groups is 1. The molecule has 2 heteroatoms. The molecule has 0 amide bonds. The van der Waals surface area contributed by atoms with Crippen LogP contribution in [0.5, 0.6) is 0 Å². The van der Waals surface area contributed by atoms with E-state index in [2.05, 4.69) is 0 Å². The second-order valence-corrected chi connectivity index (χ2v) is 2.86. The first-order chi connectivity index (χ1) is 4.81. The van der Waals surface area contributed by atoms with Crippen molar-refractivity contribution < 1.29 is 9.52 Å². The summed E-state index contributed by atoms with van der Waals surface area (Å²) in [4.78, 5) is 0. The van der Waals surface area contributed by atoms with E-state index >= 15 is 0 Å². The highest BCUT2D eigenvalue weighted by atomic mass is 16.4. The standard InChI is InChI=1S/C8H10O2/c9-8(4-2-5-8)7-3-1-6-10-7/h1,3,6,9H,2,4-5H2. The van der Waals surface area contributed by atoms with Crippen molar-refractivity contribution in [1.82, 2.24) is 0 Å². The largest absolute Gasteiger partial charge is 0.466 e. The Morgan fingerprint density at radius 3 is 2.70 bits per heavy atom. The molecule has 1 aliphatic rings. The third-order valence-electron chi connectivity index (χ3n) is 2.16. The fourth-order valence-corrected chi connectivity index (χ4v) is 1.30. The Morgan fingerprint density at radius 1 is 1.50 bits per heavy atom. The van der Waals surface area contributed by atoms with Gasteiger partial charge < -0.3 is 9.52 Å². The van der Waals surface area contributed by atoms with Gasteiger partial charge in [-0.25, -0.2) is 0 Å². The van der Waals surface area contributed by atoms with E-state index in [0.717, 1.165) is 25.0 Å². The zero-order chi connectivity index (χ0) is 7.03. The predicted octanol–water partition coefficient (Wildman–Crippen LogP) is 1.65. The Bertz CT molecular complexity index is 209. The smallest absolute Gasteiger partial charge is 0.135 e. The van der Waals surface area contributed by atoms with E-state index in [4.69, 9.17) is 4.42 Å². The van der Waals surface area contributed by atoms with Crippen LogP contribution in [-0.2, 0) is 5.60 Å². The average Bonchev–Trinajstić information content (AvgIpc) is 2.33. The van der Waals surface area contributed by atoms with Crippen molar-refractivity contribution >= 4 is 0 Å². The fraction of sp³-hybridized carbons (Fsp3) is 0.500. The van der Waals surface area contributed by atoms with Gasteiger partial charge in [-0.3, -0.25) is 0 Å². The summed E-state index contributed by atoms with van der Waals surface area (Å²) in [7, 11) is 0. The van der Waals surface area contributed by atoms with Crippen LogP contribution in [0.2, 0.25) is 0 Å². The van der Waals surface area contributed by atoms with Crippen molar-refractivity contribution in [3.63, 3.8) is 0 Å². The lowest BCUT2D eigenvalue weighted by Crippen LogP contribution is -2.32. The molecule has 0 aliphatic heterocycles. The maximum absolute atomic E-state index is 9.68. The SMILES string of the molecule is OC1(c2ccco2)CCC1. The minimum absolute atomic E-state index is 0.622. The van der Waals surface area contributed by atoms with Crippen LogP contribution in [0, 0.1) is 0 Å². The summed E-state index contributed by atoms with van der Waals surface area (Å²) in [5, 5.41) is 9.68. The van der Waals surface area contributed by atoms with Crippen LogP contribution in [0.3, 0.4) is 0 Å². The number of hydrogen-bond donors (Lipinski definition) is 1. The van der Waals surface area contributed by atoms with Gasteiger partial charge in [0.2, 0.25) is 0 Å². The molecule has 10 heavy (non-hydrogen) atoms. The molecule has 0 saturated heterocycles. The van der Waals surface area contributed by atoms with E-state index < -0.39 is 5.60 Å². The molecule has 1 saturated carbocycles. The quantitative estimate of drug-likeness (QED) is 0.640. The first-order valence-corrected chi connectivity index (χ1v) is 3.58. The average molecular weight is 138 g/mol. The molecule has 2 rings (SSSR count). The molecule has 0 unspecified atom stereocenters. The molecule has 0 radical (unpaired) electrons. The van der Waals surface area contributed by atoms with E-state index in [1.807, 2.05) is 12.1 Å². The molecular weight excluding hydrogens is 128 g/mol. The molecule has 0 spiro atoms. The molecule has 0 atom stereocenters. The maximum Gasteiger partial charge on any atom is 0.135 e. The van der Waals surface area contributed by atoms with Crippen LogP contribution >= 0.6 is 0 Å². The van der Waals surface area contributed by atoms with Crippen LogP contribution < -0.4 is 0 Å². The van der Waals surface area contributed by atoms with Gasteiger partial charge >= 0.3 is 0 Å². The second-order valence-electron chi connectivity index (χ2n) is 2.86. The minimum atomic E-state index is -0.622. The third kappa shape index (κ3) is 0.688. The Balaban J connectivity index is 2.27. The van der Waals surface area contributed by atoms with E-state index in [1.165, 1.54) is 0 Å². The summed E-state index contributed by atoms with van der Waals surface area (Å²) in [5.41, 5.74) is -0.622. The molecule has 1 aromatic rings. The van der Waals surface area contributed by atoms with Crippen molar-refractivity contribution in [3.05, 3.63) is 24.2 Å². The van der Waals surface area contributed by atoms with Gasteiger partial charge in [-0.15, -0.1) is 0 Å². The Labute approximate surface area is 59.5 Å². The first kappa shape index (κ1) is 5.98. The van der Waals surface area contributed by atoms with Gasteiger partial charge in [0.1, 0.15) is 11.4 Å². The van der Waals surface area contributed by atoms with Crippen molar-refractivity contribution in [2.45, 2.75) is 24.9 Å². The first-order valence-electron chi connectivity index (χ1n) is 3.58. The Hall–Kier alpha value is -0.760. The normalized spacial score (nSPS) is 22.1. The monoisotopic (exact) mass is 138 g/mol. The molecule has 1 fully saturated rings. The van der Waals surface area contributed by atoms with E-state index in [0.29, 0.717) is 0 Å². The van der Waals surface area contributed by atoms with Crippen molar-refractivity contribution in [3.8, 4) is 0 Å². The fourth-order valence-electron chi connectivity index (χ4n) is 1.30. The Morgan fingerprint density at radius 2 is 2.30 bits per heavy atom. The van der Waals surface area contributed by atoms with Crippen molar-refractivity contribution in [2.24, 2.45) is 0 Å². The van der Waals surface area contributed by atoms with Crippen LogP contribution in [0.25, 0.3) is 0 Å². The van der Waals surface area contributed by atoms with Gasteiger partial charge in [0.25, 0.3) is 0 Å². The summed E-state index contributed by atoms with van der Waals surface area (Å²) >= 11 is 0. The molecule has 0 bridgehead atoms. The highest BCUT2D eigenvalue weighted by Crippen LogP contribution is 2.40. The molecule has 1 heterocycles. The minimum Gasteiger partial charge on any atom is -0.466 e. The highest BCUT2D eigenvalue weighted by molar-refractivity contribution is 5.12. The summed E-state index contributed by atoms with van der Waals surface area (Å²) in [6, 6.07) is 3.64. The zero-order valence-electron chi connectivity index (χ0n) is 5.71. The molecular formula is C8H10O2. The third-order valence-corrected chi connectivity index (χ3v) is 2.16.